The van der Waals surface area contributed by atoms with E-state index in [1.54, 1.807) is 0 Å². The first-order chi connectivity index (χ1) is 9.72. The van der Waals surface area contributed by atoms with Crippen molar-refractivity contribution in [2.24, 2.45) is 17.7 Å². The van der Waals surface area contributed by atoms with Gasteiger partial charge in [-0.25, -0.2) is 0 Å². The monoisotopic (exact) mass is 339 g/mol. The normalized spacial score (nSPS) is 24.6. The highest BCUT2D eigenvalue weighted by atomic mass is 79.9. The lowest BCUT2D eigenvalue weighted by Gasteiger charge is -2.33. The number of rotatable bonds is 6. The third-order valence-corrected chi connectivity index (χ3v) is 5.06. The molecule has 0 radical (unpaired) electrons. The number of halogens is 1. The minimum Gasteiger partial charge on any atom is -0.271 e. The number of hydrazine groups is 1. The van der Waals surface area contributed by atoms with Gasteiger partial charge in [0.15, 0.2) is 0 Å². The molecule has 4 heteroatoms. The minimum atomic E-state index is 0.353. The number of nitrogens with one attached hydrogen (secondary N) is 1. The second kappa shape index (κ2) is 8.11. The van der Waals surface area contributed by atoms with E-state index in [1.807, 2.05) is 12.3 Å². The predicted molar refractivity (Wildman–Crippen MR) is 87.1 cm³/mol. The zero-order chi connectivity index (χ0) is 14.4. The largest absolute Gasteiger partial charge is 0.271 e. The Labute approximate surface area is 130 Å². The lowest BCUT2D eigenvalue weighted by molar-refractivity contribution is 0.212. The van der Waals surface area contributed by atoms with Crippen molar-refractivity contribution in [2.45, 2.75) is 57.9 Å². The van der Waals surface area contributed by atoms with Crippen LogP contribution in [-0.2, 0) is 6.42 Å². The third kappa shape index (κ3) is 4.54. The maximum Gasteiger partial charge on any atom is 0.0420 e. The molecule has 2 rings (SSSR count). The second-order valence-corrected chi connectivity index (χ2v) is 6.93. The van der Waals surface area contributed by atoms with Crippen LogP contribution in [0.5, 0.6) is 0 Å². The highest BCUT2D eigenvalue weighted by molar-refractivity contribution is 9.10. The van der Waals surface area contributed by atoms with Crippen molar-refractivity contribution in [3.8, 4) is 0 Å². The van der Waals surface area contributed by atoms with Gasteiger partial charge in [0.05, 0.1) is 0 Å². The van der Waals surface area contributed by atoms with Crippen molar-refractivity contribution >= 4 is 15.9 Å². The molecule has 1 aromatic heterocycles. The molecule has 1 aromatic rings. The molecule has 0 aliphatic heterocycles. The van der Waals surface area contributed by atoms with Gasteiger partial charge in [-0.3, -0.25) is 16.3 Å². The maximum atomic E-state index is 5.79. The molecule has 1 fully saturated rings. The fourth-order valence-corrected chi connectivity index (χ4v) is 3.64. The fraction of sp³-hybridized carbons (Fsp3) is 0.688. The zero-order valence-corrected chi connectivity index (χ0v) is 13.9. The Kier molecular flexibility index (Phi) is 6.46. The molecule has 0 saturated heterocycles. The van der Waals surface area contributed by atoms with E-state index in [0.29, 0.717) is 12.0 Å². The molecular weight excluding hydrogens is 314 g/mol. The van der Waals surface area contributed by atoms with E-state index in [4.69, 9.17) is 5.84 Å². The van der Waals surface area contributed by atoms with Gasteiger partial charge in [-0.05, 0) is 52.7 Å². The first kappa shape index (κ1) is 15.9. The van der Waals surface area contributed by atoms with Gasteiger partial charge in [0.2, 0.25) is 0 Å². The van der Waals surface area contributed by atoms with Crippen LogP contribution in [0.25, 0.3) is 0 Å². The van der Waals surface area contributed by atoms with Gasteiger partial charge < -0.3 is 0 Å². The maximum absolute atomic E-state index is 5.79. The topological polar surface area (TPSA) is 50.9 Å². The van der Waals surface area contributed by atoms with Gasteiger partial charge >= 0.3 is 0 Å². The molecule has 20 heavy (non-hydrogen) atoms. The van der Waals surface area contributed by atoms with Crippen LogP contribution in [0.15, 0.2) is 22.8 Å². The molecule has 3 nitrogen and oxygen atoms in total. The lowest BCUT2D eigenvalue weighted by atomic mass is 9.76. The quantitative estimate of drug-likeness (QED) is 0.611. The fourth-order valence-electron chi connectivity index (χ4n) is 3.40. The van der Waals surface area contributed by atoms with Crippen LogP contribution in [0.4, 0.5) is 0 Å². The van der Waals surface area contributed by atoms with Crippen LogP contribution in [0, 0.1) is 11.8 Å². The molecule has 1 atom stereocenters. The van der Waals surface area contributed by atoms with Crippen molar-refractivity contribution in [3.63, 3.8) is 0 Å². The van der Waals surface area contributed by atoms with Gasteiger partial charge in [0.1, 0.15) is 0 Å². The van der Waals surface area contributed by atoms with E-state index >= 15 is 0 Å². The number of nitrogens with two attached hydrogens (primary N) is 1. The lowest BCUT2D eigenvalue weighted by Crippen LogP contribution is -2.43. The van der Waals surface area contributed by atoms with Crippen LogP contribution < -0.4 is 11.3 Å². The van der Waals surface area contributed by atoms with E-state index in [-0.39, 0.29) is 0 Å². The Hall–Kier alpha value is -0.450. The highest BCUT2D eigenvalue weighted by Crippen LogP contribution is 2.33. The van der Waals surface area contributed by atoms with Crippen LogP contribution in [0.2, 0.25) is 0 Å². The van der Waals surface area contributed by atoms with Crippen molar-refractivity contribution < 1.29 is 0 Å². The van der Waals surface area contributed by atoms with E-state index in [9.17, 15) is 0 Å². The SMILES string of the molecule is CCCC1CCC(C(Cc2ccc(Br)cn2)NN)CC1. The first-order valence-electron chi connectivity index (χ1n) is 7.79. The average Bonchev–Trinajstić information content (AvgIpc) is 2.48. The smallest absolute Gasteiger partial charge is 0.0420 e. The number of nitrogens with zero attached hydrogens (tertiary/aromatic N) is 1. The molecule has 0 bridgehead atoms. The van der Waals surface area contributed by atoms with Crippen molar-refractivity contribution in [2.75, 3.05) is 0 Å². The summed E-state index contributed by atoms with van der Waals surface area (Å²) in [5.41, 5.74) is 4.15. The molecule has 0 aromatic carbocycles. The second-order valence-electron chi connectivity index (χ2n) is 6.01. The minimum absolute atomic E-state index is 0.353. The predicted octanol–water partition coefficient (Wildman–Crippen LogP) is 3.83. The van der Waals surface area contributed by atoms with Gasteiger partial charge in [0.25, 0.3) is 0 Å². The van der Waals surface area contributed by atoms with Gasteiger partial charge in [-0.15, -0.1) is 0 Å². The van der Waals surface area contributed by atoms with Crippen LogP contribution >= 0.6 is 15.9 Å². The van der Waals surface area contributed by atoms with Crippen molar-refractivity contribution in [1.29, 1.82) is 0 Å². The zero-order valence-electron chi connectivity index (χ0n) is 12.3. The Morgan fingerprint density at radius 2 is 2.10 bits per heavy atom. The number of hydrogen-bond acceptors (Lipinski definition) is 3. The molecule has 1 saturated carbocycles. The summed E-state index contributed by atoms with van der Waals surface area (Å²) >= 11 is 3.42. The van der Waals surface area contributed by atoms with E-state index in [2.05, 4.69) is 39.3 Å². The highest BCUT2D eigenvalue weighted by Gasteiger charge is 2.27. The van der Waals surface area contributed by atoms with Gasteiger partial charge in [-0.1, -0.05) is 32.6 Å². The van der Waals surface area contributed by atoms with E-state index in [0.717, 1.165) is 22.5 Å². The summed E-state index contributed by atoms with van der Waals surface area (Å²) in [6.45, 7) is 2.29. The van der Waals surface area contributed by atoms with Crippen LogP contribution in [0.1, 0.15) is 51.1 Å². The molecule has 0 amide bonds. The van der Waals surface area contributed by atoms with Crippen molar-refractivity contribution in [1.82, 2.24) is 10.4 Å². The summed E-state index contributed by atoms with van der Waals surface area (Å²) in [5.74, 6) is 7.43. The Morgan fingerprint density at radius 3 is 2.65 bits per heavy atom. The van der Waals surface area contributed by atoms with Gasteiger partial charge in [0, 0.05) is 28.8 Å². The molecule has 1 aliphatic carbocycles. The third-order valence-electron chi connectivity index (χ3n) is 4.59. The standard InChI is InChI=1S/C16H26BrN3/c1-2-3-12-4-6-13(7-5-12)16(20-18)10-15-9-8-14(17)11-19-15/h8-9,11-13,16,20H,2-7,10,18H2,1H3. The summed E-state index contributed by atoms with van der Waals surface area (Å²) in [6.07, 6.45) is 10.8. The molecule has 112 valence electrons. The molecule has 1 heterocycles. The van der Waals surface area contributed by atoms with Crippen molar-refractivity contribution in [3.05, 3.63) is 28.5 Å². The van der Waals surface area contributed by atoms with E-state index in [1.165, 1.54) is 38.5 Å². The Morgan fingerprint density at radius 1 is 1.35 bits per heavy atom. The molecule has 1 aliphatic rings. The molecule has 1 unspecified atom stereocenters. The summed E-state index contributed by atoms with van der Waals surface area (Å²) in [7, 11) is 0. The average molecular weight is 340 g/mol. The Balaban J connectivity index is 1.87. The number of hydrogen-bond donors (Lipinski definition) is 2. The van der Waals surface area contributed by atoms with E-state index < -0.39 is 0 Å². The summed E-state index contributed by atoms with van der Waals surface area (Å²) in [4.78, 5) is 4.46. The summed E-state index contributed by atoms with van der Waals surface area (Å²) in [5, 5.41) is 0. The summed E-state index contributed by atoms with van der Waals surface area (Å²) in [6, 6.07) is 4.48. The van der Waals surface area contributed by atoms with Crippen LogP contribution in [-0.4, -0.2) is 11.0 Å². The number of aromatic nitrogens is 1. The molecule has 0 spiro atoms. The number of pyridine rings is 1. The molecule has 3 N–H and O–H groups in total. The Bertz CT molecular complexity index is 385. The van der Waals surface area contributed by atoms with Crippen LogP contribution in [0.3, 0.4) is 0 Å². The van der Waals surface area contributed by atoms with Gasteiger partial charge in [-0.2, -0.15) is 0 Å². The molecular formula is C16H26BrN3. The first-order valence-corrected chi connectivity index (χ1v) is 8.58. The summed E-state index contributed by atoms with van der Waals surface area (Å²) < 4.78 is 1.03.